The summed E-state index contributed by atoms with van der Waals surface area (Å²) >= 11 is 1.87. The van der Waals surface area contributed by atoms with Crippen molar-refractivity contribution in [3.63, 3.8) is 0 Å². The number of carbonyl (C=O) groups is 1. The molecule has 1 aliphatic carbocycles. The molecule has 0 unspecified atom stereocenters. The highest BCUT2D eigenvalue weighted by Gasteiger charge is 2.40. The number of nitrogens with zero attached hydrogens (tertiary/aromatic N) is 3. The molecule has 3 heterocycles. The van der Waals surface area contributed by atoms with Crippen LogP contribution in [-0.2, 0) is 18.3 Å². The smallest absolute Gasteiger partial charge is 0.238 e. The minimum Gasteiger partial charge on any atom is -0.322 e. The highest BCUT2D eigenvalue weighted by Crippen LogP contribution is 2.48. The van der Waals surface area contributed by atoms with Crippen LogP contribution in [0.15, 0.2) is 11.4 Å². The van der Waals surface area contributed by atoms with Gasteiger partial charge in [-0.15, -0.1) is 11.3 Å². The van der Waals surface area contributed by atoms with Gasteiger partial charge in [0.15, 0.2) is 0 Å². The van der Waals surface area contributed by atoms with Crippen molar-refractivity contribution in [3.05, 3.63) is 33.3 Å². The van der Waals surface area contributed by atoms with Crippen molar-refractivity contribution in [1.29, 1.82) is 0 Å². The summed E-state index contributed by atoms with van der Waals surface area (Å²) in [5.74, 6) is 0.798. The molecule has 0 aromatic carbocycles. The number of aromatic nitrogens is 2. The molecule has 6 heteroatoms. The van der Waals surface area contributed by atoms with E-state index in [1.54, 1.807) is 0 Å². The first-order valence-corrected chi connectivity index (χ1v) is 9.53. The number of hydrogen-bond acceptors (Lipinski definition) is 4. The quantitative estimate of drug-likeness (QED) is 0.927. The topological polar surface area (TPSA) is 50.2 Å². The van der Waals surface area contributed by atoms with Crippen molar-refractivity contribution < 1.29 is 4.79 Å². The Morgan fingerprint density at radius 1 is 1.42 bits per heavy atom. The Kier molecular flexibility index (Phi) is 3.96. The normalized spacial score (nSPS) is 20.9. The average Bonchev–Trinajstić information content (AvgIpc) is 3.22. The molecule has 128 valence electrons. The van der Waals surface area contributed by atoms with Gasteiger partial charge in [-0.2, -0.15) is 5.10 Å². The molecule has 5 nitrogen and oxygen atoms in total. The van der Waals surface area contributed by atoms with Gasteiger partial charge in [0.2, 0.25) is 5.91 Å². The summed E-state index contributed by atoms with van der Waals surface area (Å²) < 4.78 is 1.82. The zero-order valence-electron chi connectivity index (χ0n) is 14.5. The van der Waals surface area contributed by atoms with Crippen molar-refractivity contribution in [1.82, 2.24) is 14.7 Å². The molecule has 1 saturated carbocycles. The van der Waals surface area contributed by atoms with Crippen LogP contribution in [0.2, 0.25) is 0 Å². The summed E-state index contributed by atoms with van der Waals surface area (Å²) in [7, 11) is 1.91. The molecule has 1 amide bonds. The number of hydrogen-bond donors (Lipinski definition) is 1. The molecule has 2 aromatic rings. The number of amides is 1. The summed E-state index contributed by atoms with van der Waals surface area (Å²) in [5, 5.41) is 9.66. The van der Waals surface area contributed by atoms with Crippen LogP contribution in [0.4, 0.5) is 5.69 Å². The fraction of sp³-hybridized carbons (Fsp3) is 0.556. The van der Waals surface area contributed by atoms with Crippen LogP contribution in [0, 0.1) is 19.8 Å². The van der Waals surface area contributed by atoms with Gasteiger partial charge in [-0.25, -0.2) is 0 Å². The minimum atomic E-state index is 0.0681. The molecule has 1 atom stereocenters. The molecular weight excluding hydrogens is 320 g/mol. The molecule has 2 aromatic heterocycles. The third kappa shape index (κ3) is 2.78. The maximum Gasteiger partial charge on any atom is 0.238 e. The summed E-state index contributed by atoms with van der Waals surface area (Å²) in [6.45, 7) is 5.37. The molecule has 2 aliphatic rings. The predicted octanol–water partition coefficient (Wildman–Crippen LogP) is 3.05. The van der Waals surface area contributed by atoms with Gasteiger partial charge in [-0.3, -0.25) is 14.4 Å². The van der Waals surface area contributed by atoms with Gasteiger partial charge < -0.3 is 5.32 Å². The largest absolute Gasteiger partial charge is 0.322 e. The molecule has 1 aliphatic heterocycles. The first-order chi connectivity index (χ1) is 11.5. The van der Waals surface area contributed by atoms with Crippen LogP contribution in [0.25, 0.3) is 0 Å². The van der Waals surface area contributed by atoms with E-state index in [-0.39, 0.29) is 5.91 Å². The lowest BCUT2D eigenvalue weighted by atomic mass is 9.96. The molecule has 4 rings (SSSR count). The van der Waals surface area contributed by atoms with Gasteiger partial charge >= 0.3 is 0 Å². The van der Waals surface area contributed by atoms with Gasteiger partial charge in [0, 0.05) is 24.5 Å². The molecule has 24 heavy (non-hydrogen) atoms. The van der Waals surface area contributed by atoms with Crippen LogP contribution < -0.4 is 5.32 Å². The Hall–Kier alpha value is -1.66. The molecule has 0 bridgehead atoms. The fourth-order valence-electron chi connectivity index (χ4n) is 3.86. The Bertz CT molecular complexity index is 774. The second-order valence-electron chi connectivity index (χ2n) is 7.02. The SMILES string of the molecule is Cc1nn(C)c(C)c1NC(=O)CN1CCc2sccc2[C@@H]1C1CC1. The molecular formula is C18H24N4OS. The van der Waals surface area contributed by atoms with Crippen molar-refractivity contribution in [2.75, 3.05) is 18.4 Å². The zero-order valence-corrected chi connectivity index (χ0v) is 15.3. The number of thiophene rings is 1. The number of aryl methyl sites for hydroxylation is 2. The summed E-state index contributed by atoms with van der Waals surface area (Å²) in [6, 6.07) is 2.70. The van der Waals surface area contributed by atoms with Crippen LogP contribution in [0.3, 0.4) is 0 Å². The number of fused-ring (bicyclic) bond motifs is 1. The summed E-state index contributed by atoms with van der Waals surface area (Å²) in [4.78, 5) is 16.5. The monoisotopic (exact) mass is 344 g/mol. The first kappa shape index (κ1) is 15.8. The third-order valence-electron chi connectivity index (χ3n) is 5.31. The second kappa shape index (κ2) is 6.01. The van der Waals surface area contributed by atoms with E-state index in [4.69, 9.17) is 0 Å². The number of nitrogens with one attached hydrogen (secondary N) is 1. The lowest BCUT2D eigenvalue weighted by molar-refractivity contribution is -0.118. The Labute approximate surface area is 146 Å². The second-order valence-corrected chi connectivity index (χ2v) is 8.02. The molecule has 1 N–H and O–H groups in total. The Morgan fingerprint density at radius 3 is 2.88 bits per heavy atom. The maximum absolute atomic E-state index is 12.6. The van der Waals surface area contributed by atoms with E-state index in [0.717, 1.165) is 36.0 Å². The average molecular weight is 344 g/mol. The van der Waals surface area contributed by atoms with Gasteiger partial charge in [0.1, 0.15) is 0 Å². The molecule has 0 spiro atoms. The predicted molar refractivity (Wildman–Crippen MR) is 96.4 cm³/mol. The molecule has 1 fully saturated rings. The summed E-state index contributed by atoms with van der Waals surface area (Å²) in [5.41, 5.74) is 4.20. The number of anilines is 1. The van der Waals surface area contributed by atoms with Crippen LogP contribution in [0.5, 0.6) is 0 Å². The van der Waals surface area contributed by atoms with E-state index in [0.29, 0.717) is 12.6 Å². The van der Waals surface area contributed by atoms with Crippen molar-refractivity contribution in [2.24, 2.45) is 13.0 Å². The lowest BCUT2D eigenvalue weighted by Gasteiger charge is -2.35. The Balaban J connectivity index is 1.49. The van der Waals surface area contributed by atoms with E-state index in [9.17, 15) is 4.79 Å². The van der Waals surface area contributed by atoms with E-state index in [1.807, 2.05) is 36.9 Å². The van der Waals surface area contributed by atoms with E-state index in [2.05, 4.69) is 26.8 Å². The van der Waals surface area contributed by atoms with E-state index < -0.39 is 0 Å². The van der Waals surface area contributed by atoms with Crippen LogP contribution in [0.1, 0.15) is 40.7 Å². The van der Waals surface area contributed by atoms with Crippen molar-refractivity contribution in [2.45, 2.75) is 39.2 Å². The molecule has 0 saturated heterocycles. The van der Waals surface area contributed by atoms with Gasteiger partial charge in [-0.1, -0.05) is 0 Å². The summed E-state index contributed by atoms with van der Waals surface area (Å²) in [6.07, 6.45) is 3.65. The van der Waals surface area contributed by atoms with Crippen molar-refractivity contribution in [3.8, 4) is 0 Å². The molecule has 0 radical (unpaired) electrons. The van der Waals surface area contributed by atoms with Crippen molar-refractivity contribution >= 4 is 22.9 Å². The minimum absolute atomic E-state index is 0.0681. The van der Waals surface area contributed by atoms with E-state index >= 15 is 0 Å². The van der Waals surface area contributed by atoms with Crippen LogP contribution in [-0.4, -0.2) is 33.7 Å². The standard InChI is InChI=1S/C18H24N4OS/c1-11-17(12(2)21(3)20-11)19-16(23)10-22-8-6-15-14(7-9-24-15)18(22)13-4-5-13/h7,9,13,18H,4-6,8,10H2,1-3H3,(H,19,23)/t18-/m0/s1. The van der Waals surface area contributed by atoms with Gasteiger partial charge in [0.25, 0.3) is 0 Å². The lowest BCUT2D eigenvalue weighted by Crippen LogP contribution is -2.41. The number of rotatable bonds is 4. The van der Waals surface area contributed by atoms with Gasteiger partial charge in [0.05, 0.1) is 23.6 Å². The maximum atomic E-state index is 12.6. The third-order valence-corrected chi connectivity index (χ3v) is 6.30. The number of carbonyl (C=O) groups excluding carboxylic acids is 1. The highest BCUT2D eigenvalue weighted by molar-refractivity contribution is 7.10. The highest BCUT2D eigenvalue weighted by atomic mass is 32.1. The first-order valence-electron chi connectivity index (χ1n) is 8.65. The fourth-order valence-corrected chi connectivity index (χ4v) is 4.77. The van der Waals surface area contributed by atoms with Gasteiger partial charge in [-0.05, 0) is 56.0 Å². The van der Waals surface area contributed by atoms with Crippen LogP contribution >= 0.6 is 11.3 Å². The zero-order chi connectivity index (χ0) is 16.8. The van der Waals surface area contributed by atoms with E-state index in [1.165, 1.54) is 23.3 Å². The Morgan fingerprint density at radius 2 is 2.21 bits per heavy atom.